The molecular formula is C19H20N6O3S. The van der Waals surface area contributed by atoms with Crippen LogP contribution in [0.1, 0.15) is 17.3 Å². The highest BCUT2D eigenvalue weighted by molar-refractivity contribution is 7.99. The minimum absolute atomic E-state index is 0.136. The van der Waals surface area contributed by atoms with Crippen molar-refractivity contribution in [1.82, 2.24) is 15.2 Å². The van der Waals surface area contributed by atoms with Crippen LogP contribution in [0.15, 0.2) is 53.7 Å². The number of aromatic nitrogens is 3. The second-order valence-electron chi connectivity index (χ2n) is 5.83. The van der Waals surface area contributed by atoms with Gasteiger partial charge in [0.25, 0.3) is 5.91 Å². The third-order valence-corrected chi connectivity index (χ3v) is 4.52. The lowest BCUT2D eigenvalue weighted by atomic mass is 10.2. The van der Waals surface area contributed by atoms with E-state index >= 15 is 0 Å². The highest BCUT2D eigenvalue weighted by Crippen LogP contribution is 2.18. The Morgan fingerprint density at radius 1 is 1.07 bits per heavy atom. The van der Waals surface area contributed by atoms with Gasteiger partial charge in [-0.05, 0) is 55.5 Å². The van der Waals surface area contributed by atoms with Crippen LogP contribution in [0.5, 0.6) is 5.75 Å². The van der Waals surface area contributed by atoms with Crippen molar-refractivity contribution in [2.24, 2.45) is 0 Å². The molecule has 0 aliphatic heterocycles. The van der Waals surface area contributed by atoms with Gasteiger partial charge in [0.05, 0.1) is 12.4 Å². The standard InChI is InChI=1S/C19H20N6O3S/c1-2-28-15-9-7-14(8-10-15)22-17(27)12-3-5-13(6-4-12)21-16(26)11-29-19-23-18(20)24-25-19/h3-10H,2,11H2,1H3,(H,21,26)(H,22,27)(H3,20,23,24,25). The van der Waals surface area contributed by atoms with Crippen molar-refractivity contribution in [3.05, 3.63) is 54.1 Å². The van der Waals surface area contributed by atoms with Crippen LogP contribution in [0.25, 0.3) is 0 Å². The first-order chi connectivity index (χ1) is 14.0. The SMILES string of the molecule is CCOc1ccc(NC(=O)c2ccc(NC(=O)CSc3n[nH]c(N)n3)cc2)cc1. The zero-order chi connectivity index (χ0) is 20.6. The molecule has 0 spiro atoms. The molecular weight excluding hydrogens is 392 g/mol. The number of carbonyl (C=O) groups is 2. The van der Waals surface area contributed by atoms with Crippen molar-refractivity contribution in [2.75, 3.05) is 28.7 Å². The summed E-state index contributed by atoms with van der Waals surface area (Å²) in [5.74, 6) is 0.620. The first kappa shape index (κ1) is 20.2. The fourth-order valence-electron chi connectivity index (χ4n) is 2.36. The van der Waals surface area contributed by atoms with E-state index in [2.05, 4.69) is 25.8 Å². The number of thioether (sulfide) groups is 1. The molecule has 0 saturated carbocycles. The molecule has 9 nitrogen and oxygen atoms in total. The molecule has 0 aliphatic rings. The maximum absolute atomic E-state index is 12.4. The van der Waals surface area contributed by atoms with Crippen LogP contribution < -0.4 is 21.1 Å². The number of H-pyrrole nitrogens is 1. The molecule has 0 fully saturated rings. The molecule has 3 aromatic rings. The van der Waals surface area contributed by atoms with Crippen LogP contribution >= 0.6 is 11.8 Å². The van der Waals surface area contributed by atoms with E-state index in [0.717, 1.165) is 17.5 Å². The number of nitrogen functional groups attached to an aromatic ring is 1. The number of nitrogens with zero attached hydrogens (tertiary/aromatic N) is 2. The molecule has 0 radical (unpaired) electrons. The average molecular weight is 412 g/mol. The van der Waals surface area contributed by atoms with Gasteiger partial charge in [-0.25, -0.2) is 5.10 Å². The molecule has 10 heteroatoms. The van der Waals surface area contributed by atoms with Crippen LogP contribution in [0, 0.1) is 0 Å². The van der Waals surface area contributed by atoms with Gasteiger partial charge >= 0.3 is 0 Å². The fourth-order valence-corrected chi connectivity index (χ4v) is 2.96. The van der Waals surface area contributed by atoms with Gasteiger partial charge in [-0.15, -0.1) is 5.10 Å². The number of aromatic amines is 1. The number of nitrogens with two attached hydrogens (primary N) is 1. The van der Waals surface area contributed by atoms with Crippen LogP contribution in [0.2, 0.25) is 0 Å². The maximum Gasteiger partial charge on any atom is 0.255 e. The highest BCUT2D eigenvalue weighted by Gasteiger charge is 2.09. The predicted molar refractivity (Wildman–Crippen MR) is 112 cm³/mol. The normalized spacial score (nSPS) is 10.4. The summed E-state index contributed by atoms with van der Waals surface area (Å²) in [5, 5.41) is 12.3. The molecule has 0 bridgehead atoms. The summed E-state index contributed by atoms with van der Waals surface area (Å²) in [7, 11) is 0. The number of ether oxygens (including phenoxy) is 1. The van der Waals surface area contributed by atoms with Crippen molar-refractivity contribution >= 4 is 40.9 Å². The lowest BCUT2D eigenvalue weighted by Gasteiger charge is -2.08. The molecule has 0 saturated heterocycles. The van der Waals surface area contributed by atoms with Gasteiger partial charge in [0.15, 0.2) is 0 Å². The third-order valence-electron chi connectivity index (χ3n) is 3.67. The molecule has 29 heavy (non-hydrogen) atoms. The van der Waals surface area contributed by atoms with E-state index in [4.69, 9.17) is 10.5 Å². The number of amides is 2. The van der Waals surface area contributed by atoms with Crippen molar-refractivity contribution in [1.29, 1.82) is 0 Å². The molecule has 2 aromatic carbocycles. The van der Waals surface area contributed by atoms with E-state index in [1.165, 1.54) is 0 Å². The van der Waals surface area contributed by atoms with Crippen LogP contribution in [-0.2, 0) is 4.79 Å². The van der Waals surface area contributed by atoms with Crippen molar-refractivity contribution in [3.63, 3.8) is 0 Å². The Morgan fingerprint density at radius 2 is 1.72 bits per heavy atom. The zero-order valence-corrected chi connectivity index (χ0v) is 16.5. The largest absolute Gasteiger partial charge is 0.494 e. The summed E-state index contributed by atoms with van der Waals surface area (Å²) in [6.07, 6.45) is 0. The lowest BCUT2D eigenvalue weighted by molar-refractivity contribution is -0.113. The van der Waals surface area contributed by atoms with E-state index in [9.17, 15) is 9.59 Å². The van der Waals surface area contributed by atoms with Crippen LogP contribution in [-0.4, -0.2) is 39.4 Å². The minimum Gasteiger partial charge on any atom is -0.494 e. The number of anilines is 3. The Morgan fingerprint density at radius 3 is 2.34 bits per heavy atom. The topological polar surface area (TPSA) is 135 Å². The number of hydrogen-bond acceptors (Lipinski definition) is 7. The molecule has 5 N–H and O–H groups in total. The van der Waals surface area contributed by atoms with Crippen LogP contribution in [0.4, 0.5) is 17.3 Å². The number of carbonyl (C=O) groups excluding carboxylic acids is 2. The first-order valence-electron chi connectivity index (χ1n) is 8.78. The smallest absolute Gasteiger partial charge is 0.255 e. The minimum atomic E-state index is -0.246. The van der Waals surface area contributed by atoms with Gasteiger partial charge in [0.2, 0.25) is 17.0 Å². The van der Waals surface area contributed by atoms with E-state index < -0.39 is 0 Å². The van der Waals surface area contributed by atoms with E-state index in [-0.39, 0.29) is 23.5 Å². The molecule has 0 atom stereocenters. The molecule has 2 amide bonds. The third kappa shape index (κ3) is 5.98. The zero-order valence-electron chi connectivity index (χ0n) is 15.6. The Balaban J connectivity index is 1.50. The molecule has 0 unspecified atom stereocenters. The molecule has 0 aliphatic carbocycles. The second-order valence-corrected chi connectivity index (χ2v) is 6.77. The lowest BCUT2D eigenvalue weighted by Crippen LogP contribution is -2.15. The van der Waals surface area contributed by atoms with Gasteiger partial charge < -0.3 is 21.1 Å². The molecule has 150 valence electrons. The quantitative estimate of drug-likeness (QED) is 0.418. The number of nitrogens with one attached hydrogen (secondary N) is 3. The average Bonchev–Trinajstić information content (AvgIpc) is 3.14. The summed E-state index contributed by atoms with van der Waals surface area (Å²) in [5.41, 5.74) is 7.16. The van der Waals surface area contributed by atoms with Crippen molar-refractivity contribution < 1.29 is 14.3 Å². The maximum atomic E-state index is 12.4. The second kappa shape index (κ2) is 9.60. The van der Waals surface area contributed by atoms with Crippen LogP contribution in [0.3, 0.4) is 0 Å². The summed E-state index contributed by atoms with van der Waals surface area (Å²) in [6, 6.07) is 13.8. The molecule has 3 rings (SSSR count). The van der Waals surface area contributed by atoms with E-state index in [0.29, 0.717) is 28.7 Å². The summed E-state index contributed by atoms with van der Waals surface area (Å²) in [6.45, 7) is 2.50. The first-order valence-corrected chi connectivity index (χ1v) is 9.77. The monoisotopic (exact) mass is 412 g/mol. The van der Waals surface area contributed by atoms with E-state index in [1.54, 1.807) is 48.5 Å². The Bertz CT molecular complexity index is 972. The number of rotatable bonds is 8. The molecule has 1 heterocycles. The van der Waals surface area contributed by atoms with E-state index in [1.807, 2.05) is 6.92 Å². The van der Waals surface area contributed by atoms with Gasteiger partial charge in [0, 0.05) is 16.9 Å². The number of benzene rings is 2. The van der Waals surface area contributed by atoms with Crippen molar-refractivity contribution in [3.8, 4) is 5.75 Å². The van der Waals surface area contributed by atoms with Gasteiger partial charge in [-0.1, -0.05) is 11.8 Å². The summed E-state index contributed by atoms with van der Waals surface area (Å²) < 4.78 is 5.38. The van der Waals surface area contributed by atoms with Gasteiger partial charge in [0.1, 0.15) is 5.75 Å². The van der Waals surface area contributed by atoms with Gasteiger partial charge in [-0.3, -0.25) is 9.59 Å². The molecule has 1 aromatic heterocycles. The Labute approximate surface area is 171 Å². The van der Waals surface area contributed by atoms with Gasteiger partial charge in [-0.2, -0.15) is 4.98 Å². The Hall–Kier alpha value is -3.53. The summed E-state index contributed by atoms with van der Waals surface area (Å²) in [4.78, 5) is 28.3. The summed E-state index contributed by atoms with van der Waals surface area (Å²) >= 11 is 1.16. The predicted octanol–water partition coefficient (Wildman–Crippen LogP) is 2.77. The fraction of sp³-hybridized carbons (Fsp3) is 0.158. The van der Waals surface area contributed by atoms with Crippen molar-refractivity contribution in [2.45, 2.75) is 12.1 Å². The number of hydrogen-bond donors (Lipinski definition) is 4. The highest BCUT2D eigenvalue weighted by atomic mass is 32.2. The Kier molecular flexibility index (Phi) is 6.69.